The summed E-state index contributed by atoms with van der Waals surface area (Å²) in [6, 6.07) is 8.78. The molecule has 3 nitrogen and oxygen atoms in total. The Morgan fingerprint density at radius 2 is 1.90 bits per heavy atom. The maximum absolute atomic E-state index is 6.41. The third kappa shape index (κ3) is 4.21. The molecule has 0 saturated heterocycles. The van der Waals surface area contributed by atoms with Crippen LogP contribution in [-0.4, -0.2) is 31.6 Å². The Hall–Kier alpha value is -1.06. The van der Waals surface area contributed by atoms with E-state index in [1.54, 1.807) is 7.11 Å². The third-order valence-corrected chi connectivity index (χ3v) is 5.04. The van der Waals surface area contributed by atoms with Crippen LogP contribution in [0, 0.1) is 5.92 Å². The van der Waals surface area contributed by atoms with E-state index in [1.807, 2.05) is 18.2 Å². The Balaban J connectivity index is 1.91. The molecule has 0 spiro atoms. The number of benzene rings is 1. The fourth-order valence-electron chi connectivity index (χ4n) is 3.52. The average Bonchev–Trinajstić information content (AvgIpc) is 2.54. The van der Waals surface area contributed by atoms with Crippen molar-refractivity contribution in [3.63, 3.8) is 0 Å². The van der Waals surface area contributed by atoms with Crippen LogP contribution in [0.25, 0.3) is 0 Å². The van der Waals surface area contributed by atoms with E-state index in [9.17, 15) is 0 Å². The Morgan fingerprint density at radius 1 is 1.24 bits per heavy atom. The summed E-state index contributed by atoms with van der Waals surface area (Å²) >= 11 is 0. The summed E-state index contributed by atoms with van der Waals surface area (Å²) in [5, 5.41) is 0. The molecule has 0 heterocycles. The zero-order chi connectivity index (χ0) is 15.2. The van der Waals surface area contributed by atoms with E-state index in [1.165, 1.54) is 32.1 Å². The minimum Gasteiger partial charge on any atom is -0.496 e. The summed E-state index contributed by atoms with van der Waals surface area (Å²) in [5.74, 6) is 1.84. The first kappa shape index (κ1) is 16.3. The van der Waals surface area contributed by atoms with E-state index in [0.717, 1.165) is 23.8 Å². The van der Waals surface area contributed by atoms with Crippen LogP contribution in [0.3, 0.4) is 0 Å². The molecule has 1 aliphatic rings. The summed E-state index contributed by atoms with van der Waals surface area (Å²) in [7, 11) is 3.92. The highest BCUT2D eigenvalue weighted by atomic mass is 16.5. The molecule has 1 fully saturated rings. The van der Waals surface area contributed by atoms with Gasteiger partial charge in [0, 0.05) is 24.2 Å². The van der Waals surface area contributed by atoms with Crippen molar-refractivity contribution in [1.82, 2.24) is 4.90 Å². The number of hydrogen-bond acceptors (Lipinski definition) is 3. The molecule has 1 atom stereocenters. The second kappa shape index (κ2) is 7.81. The van der Waals surface area contributed by atoms with Crippen LogP contribution < -0.4 is 10.5 Å². The van der Waals surface area contributed by atoms with Gasteiger partial charge in [0.25, 0.3) is 0 Å². The largest absolute Gasteiger partial charge is 0.496 e. The van der Waals surface area contributed by atoms with Crippen LogP contribution in [0.15, 0.2) is 24.3 Å². The standard InChI is InChI=1S/C18H30N2O/c1-4-14-9-11-15(12-10-14)20(2)13-17(19)16-7-5-6-8-18(16)21-3/h5-8,14-15,17H,4,9-13,19H2,1-3H3. The summed E-state index contributed by atoms with van der Waals surface area (Å²) in [6.45, 7) is 3.20. The molecule has 2 N–H and O–H groups in total. The molecule has 118 valence electrons. The topological polar surface area (TPSA) is 38.5 Å². The van der Waals surface area contributed by atoms with Gasteiger partial charge in [0.2, 0.25) is 0 Å². The van der Waals surface area contributed by atoms with Gasteiger partial charge in [-0.2, -0.15) is 0 Å². The van der Waals surface area contributed by atoms with E-state index < -0.39 is 0 Å². The lowest BCUT2D eigenvalue weighted by Crippen LogP contribution is -2.39. The molecule has 1 aromatic carbocycles. The second-order valence-electron chi connectivity index (χ2n) is 6.37. The number of nitrogens with zero attached hydrogens (tertiary/aromatic N) is 1. The minimum atomic E-state index is 0.00930. The number of para-hydroxylation sites is 1. The summed E-state index contributed by atoms with van der Waals surface area (Å²) < 4.78 is 5.42. The van der Waals surface area contributed by atoms with Crippen LogP contribution in [0.2, 0.25) is 0 Å². The smallest absolute Gasteiger partial charge is 0.123 e. The molecule has 0 bridgehead atoms. The van der Waals surface area contributed by atoms with Crippen molar-refractivity contribution in [2.24, 2.45) is 11.7 Å². The molecule has 0 amide bonds. The monoisotopic (exact) mass is 290 g/mol. The fourth-order valence-corrected chi connectivity index (χ4v) is 3.52. The molecular weight excluding hydrogens is 260 g/mol. The van der Waals surface area contributed by atoms with Crippen molar-refractivity contribution < 1.29 is 4.74 Å². The lowest BCUT2D eigenvalue weighted by atomic mass is 9.84. The highest BCUT2D eigenvalue weighted by Crippen LogP contribution is 2.30. The molecule has 1 unspecified atom stereocenters. The van der Waals surface area contributed by atoms with Gasteiger partial charge in [0.1, 0.15) is 5.75 Å². The van der Waals surface area contributed by atoms with Crippen molar-refractivity contribution in [1.29, 1.82) is 0 Å². The van der Waals surface area contributed by atoms with Crippen molar-refractivity contribution in [3.05, 3.63) is 29.8 Å². The highest BCUT2D eigenvalue weighted by molar-refractivity contribution is 5.35. The maximum Gasteiger partial charge on any atom is 0.123 e. The summed E-state index contributed by atoms with van der Waals surface area (Å²) in [5.41, 5.74) is 7.52. The Kier molecular flexibility index (Phi) is 6.07. The molecule has 21 heavy (non-hydrogen) atoms. The average molecular weight is 290 g/mol. The van der Waals surface area contributed by atoms with Crippen molar-refractivity contribution >= 4 is 0 Å². The molecule has 2 rings (SSSR count). The van der Waals surface area contributed by atoms with Gasteiger partial charge in [0.05, 0.1) is 7.11 Å². The summed E-state index contributed by atoms with van der Waals surface area (Å²) in [4.78, 5) is 2.45. The molecule has 0 aromatic heterocycles. The molecule has 3 heteroatoms. The predicted molar refractivity (Wildman–Crippen MR) is 88.6 cm³/mol. The van der Waals surface area contributed by atoms with E-state index in [4.69, 9.17) is 10.5 Å². The Bertz CT molecular complexity index is 427. The molecule has 1 saturated carbocycles. The van der Waals surface area contributed by atoms with Crippen LogP contribution >= 0.6 is 0 Å². The number of methoxy groups -OCH3 is 1. The van der Waals surface area contributed by atoms with Gasteiger partial charge in [0.15, 0.2) is 0 Å². The lowest BCUT2D eigenvalue weighted by molar-refractivity contribution is 0.156. The Morgan fingerprint density at radius 3 is 2.52 bits per heavy atom. The normalized spacial score (nSPS) is 24.0. The van der Waals surface area contributed by atoms with E-state index in [-0.39, 0.29) is 6.04 Å². The number of nitrogens with two attached hydrogens (primary N) is 1. The Labute approximate surface area is 129 Å². The molecule has 1 aromatic rings. The quantitative estimate of drug-likeness (QED) is 0.870. The zero-order valence-electron chi connectivity index (χ0n) is 13.7. The van der Waals surface area contributed by atoms with Crippen LogP contribution in [0.5, 0.6) is 5.75 Å². The van der Waals surface area contributed by atoms with Gasteiger partial charge in [-0.1, -0.05) is 31.5 Å². The third-order valence-electron chi connectivity index (χ3n) is 5.04. The first-order chi connectivity index (χ1) is 10.2. The van der Waals surface area contributed by atoms with Gasteiger partial charge in [-0.25, -0.2) is 0 Å². The van der Waals surface area contributed by atoms with Gasteiger partial charge in [-0.15, -0.1) is 0 Å². The second-order valence-corrected chi connectivity index (χ2v) is 6.37. The fraction of sp³-hybridized carbons (Fsp3) is 0.667. The van der Waals surface area contributed by atoms with Gasteiger partial charge >= 0.3 is 0 Å². The molecular formula is C18H30N2O. The lowest BCUT2D eigenvalue weighted by Gasteiger charge is -2.35. The SMILES string of the molecule is CCC1CCC(N(C)CC(N)c2ccccc2OC)CC1. The van der Waals surface area contributed by atoms with E-state index in [2.05, 4.69) is 24.9 Å². The predicted octanol–water partition coefficient (Wildman–Crippen LogP) is 3.60. The first-order valence-corrected chi connectivity index (χ1v) is 8.24. The van der Waals surface area contributed by atoms with Crippen molar-refractivity contribution in [2.45, 2.75) is 51.1 Å². The van der Waals surface area contributed by atoms with Gasteiger partial charge < -0.3 is 15.4 Å². The van der Waals surface area contributed by atoms with Gasteiger partial charge in [-0.3, -0.25) is 0 Å². The number of hydrogen-bond donors (Lipinski definition) is 1. The summed E-state index contributed by atoms with van der Waals surface area (Å²) in [6.07, 6.45) is 6.70. The van der Waals surface area contributed by atoms with Crippen LogP contribution in [-0.2, 0) is 0 Å². The van der Waals surface area contributed by atoms with Crippen LogP contribution in [0.1, 0.15) is 50.6 Å². The van der Waals surface area contributed by atoms with Crippen molar-refractivity contribution in [2.75, 3.05) is 20.7 Å². The first-order valence-electron chi connectivity index (χ1n) is 8.24. The maximum atomic E-state index is 6.41. The highest BCUT2D eigenvalue weighted by Gasteiger charge is 2.24. The van der Waals surface area contributed by atoms with E-state index >= 15 is 0 Å². The van der Waals surface area contributed by atoms with E-state index in [0.29, 0.717) is 6.04 Å². The number of ether oxygens (including phenoxy) is 1. The van der Waals surface area contributed by atoms with Gasteiger partial charge in [-0.05, 0) is 44.7 Å². The molecule has 0 radical (unpaired) electrons. The number of rotatable bonds is 6. The molecule has 0 aliphatic heterocycles. The molecule has 1 aliphatic carbocycles. The number of likely N-dealkylation sites (N-methyl/N-ethyl adjacent to an activating group) is 1. The van der Waals surface area contributed by atoms with Crippen molar-refractivity contribution in [3.8, 4) is 5.75 Å². The zero-order valence-corrected chi connectivity index (χ0v) is 13.7. The minimum absolute atomic E-state index is 0.00930. The van der Waals surface area contributed by atoms with Crippen LogP contribution in [0.4, 0.5) is 0 Å².